The van der Waals surface area contributed by atoms with Gasteiger partial charge in [0.2, 0.25) is 0 Å². The number of pyridine rings is 1. The molecule has 1 aromatic rings. The van der Waals surface area contributed by atoms with Crippen molar-refractivity contribution in [2.75, 3.05) is 24.7 Å². The molecular formula is C14H17N3O2. The third-order valence-electron chi connectivity index (χ3n) is 4.65. The Morgan fingerprint density at radius 3 is 2.84 bits per heavy atom. The van der Waals surface area contributed by atoms with Crippen molar-refractivity contribution in [1.82, 2.24) is 9.88 Å². The van der Waals surface area contributed by atoms with Crippen LogP contribution in [0.3, 0.4) is 0 Å². The summed E-state index contributed by atoms with van der Waals surface area (Å²) >= 11 is 0. The lowest BCUT2D eigenvalue weighted by Gasteiger charge is -2.49. The quantitative estimate of drug-likeness (QED) is 0.760. The molecule has 5 nitrogen and oxygen atoms in total. The summed E-state index contributed by atoms with van der Waals surface area (Å²) in [5, 5.41) is 1.45. The van der Waals surface area contributed by atoms with Gasteiger partial charge in [-0.25, -0.2) is 0 Å². The monoisotopic (exact) mass is 259 g/mol. The number of rotatable bonds is 1. The molecule has 4 aliphatic rings. The maximum atomic E-state index is 12.3. The van der Waals surface area contributed by atoms with E-state index in [1.807, 2.05) is 12.1 Å². The molecule has 100 valence electrons. The zero-order valence-electron chi connectivity index (χ0n) is 10.8. The summed E-state index contributed by atoms with van der Waals surface area (Å²) in [7, 11) is 0. The Morgan fingerprint density at radius 2 is 2.21 bits per heavy atom. The predicted octanol–water partition coefficient (Wildman–Crippen LogP) is 1.21. The normalized spacial score (nSPS) is 37.3. The zero-order chi connectivity index (χ0) is 12.9. The maximum Gasteiger partial charge on any atom is 0.254 e. The van der Waals surface area contributed by atoms with E-state index >= 15 is 0 Å². The molecule has 0 saturated carbocycles. The Labute approximate surface area is 112 Å². The van der Waals surface area contributed by atoms with Crippen LogP contribution in [-0.4, -0.2) is 41.0 Å². The number of hydrogen-bond donors (Lipinski definition) is 0. The molecule has 1 unspecified atom stereocenters. The van der Waals surface area contributed by atoms with Gasteiger partial charge in [0.05, 0.1) is 18.3 Å². The van der Waals surface area contributed by atoms with Gasteiger partial charge in [0.1, 0.15) is 5.60 Å². The van der Waals surface area contributed by atoms with Gasteiger partial charge in [0.25, 0.3) is 5.91 Å². The summed E-state index contributed by atoms with van der Waals surface area (Å²) in [5.74, 6) is 0.574. The van der Waals surface area contributed by atoms with E-state index in [0.29, 0.717) is 12.3 Å². The minimum absolute atomic E-state index is 0.0572. The Morgan fingerprint density at radius 1 is 1.37 bits per heavy atom. The standard InChI is InChI=1S/C14H17N3O2/c18-13-8-14(10-16-6-3-11(14)4-7-16)19-17(13)12-2-1-5-15-9-12/h1-2,5,9,11H,3-4,6-8,10H2. The molecule has 2 bridgehead atoms. The van der Waals surface area contributed by atoms with Gasteiger partial charge in [-0.1, -0.05) is 0 Å². The first-order valence-corrected chi connectivity index (χ1v) is 6.91. The third-order valence-corrected chi connectivity index (χ3v) is 4.65. The van der Waals surface area contributed by atoms with E-state index in [1.54, 1.807) is 12.4 Å². The van der Waals surface area contributed by atoms with Gasteiger partial charge in [-0.3, -0.25) is 14.6 Å². The molecule has 0 aromatic carbocycles. The van der Waals surface area contributed by atoms with Crippen LogP contribution in [0.25, 0.3) is 0 Å². The highest BCUT2D eigenvalue weighted by atomic mass is 16.7. The molecule has 1 aromatic heterocycles. The maximum absolute atomic E-state index is 12.3. The number of piperidine rings is 3. The average Bonchev–Trinajstić information content (AvgIpc) is 2.77. The lowest BCUT2D eigenvalue weighted by atomic mass is 9.74. The van der Waals surface area contributed by atoms with E-state index in [9.17, 15) is 4.79 Å². The fourth-order valence-corrected chi connectivity index (χ4v) is 3.69. The number of nitrogens with zero attached hydrogens (tertiary/aromatic N) is 3. The first-order chi connectivity index (χ1) is 9.27. The van der Waals surface area contributed by atoms with Gasteiger partial charge >= 0.3 is 0 Å². The van der Waals surface area contributed by atoms with Crippen LogP contribution in [0.1, 0.15) is 19.3 Å². The summed E-state index contributed by atoms with van der Waals surface area (Å²) in [5.41, 5.74) is 0.449. The van der Waals surface area contributed by atoms with Crippen molar-refractivity contribution >= 4 is 11.6 Å². The van der Waals surface area contributed by atoms with Crippen LogP contribution in [0.4, 0.5) is 5.69 Å². The fourth-order valence-electron chi connectivity index (χ4n) is 3.69. The fraction of sp³-hybridized carbons (Fsp3) is 0.571. The second-order valence-electron chi connectivity index (χ2n) is 5.78. The van der Waals surface area contributed by atoms with Crippen LogP contribution < -0.4 is 5.06 Å². The average molecular weight is 259 g/mol. The summed E-state index contributed by atoms with van der Waals surface area (Å²) in [4.78, 5) is 24.9. The van der Waals surface area contributed by atoms with Gasteiger partial charge in [-0.05, 0) is 44.0 Å². The summed E-state index contributed by atoms with van der Waals surface area (Å²) in [6.07, 6.45) is 6.18. The van der Waals surface area contributed by atoms with Crippen LogP contribution in [0.15, 0.2) is 24.5 Å². The second-order valence-corrected chi connectivity index (χ2v) is 5.78. The number of hydrogen-bond acceptors (Lipinski definition) is 4. The predicted molar refractivity (Wildman–Crippen MR) is 69.3 cm³/mol. The number of hydroxylamine groups is 1. The SMILES string of the molecule is O=C1CC2(CN3CCC2CC3)ON1c1cccnc1. The molecule has 5 heterocycles. The number of anilines is 1. The Hall–Kier alpha value is -1.46. The van der Waals surface area contributed by atoms with Crippen LogP contribution in [0.5, 0.6) is 0 Å². The highest BCUT2D eigenvalue weighted by Crippen LogP contribution is 2.45. The van der Waals surface area contributed by atoms with Gasteiger partial charge in [0.15, 0.2) is 0 Å². The number of carbonyl (C=O) groups is 1. The van der Waals surface area contributed by atoms with Gasteiger partial charge in [-0.15, -0.1) is 0 Å². The lowest BCUT2D eigenvalue weighted by Crippen LogP contribution is -2.59. The number of amides is 1. The largest absolute Gasteiger partial charge is 0.300 e. The Balaban J connectivity index is 1.63. The van der Waals surface area contributed by atoms with Crippen LogP contribution in [0, 0.1) is 5.92 Å². The molecule has 1 spiro atoms. The van der Waals surface area contributed by atoms with Crippen molar-refractivity contribution in [3.63, 3.8) is 0 Å². The summed E-state index contributed by atoms with van der Waals surface area (Å²) in [6, 6.07) is 3.69. The third kappa shape index (κ3) is 1.69. The summed E-state index contributed by atoms with van der Waals surface area (Å²) < 4.78 is 0. The second kappa shape index (κ2) is 4.02. The van der Waals surface area contributed by atoms with E-state index in [2.05, 4.69) is 9.88 Å². The molecule has 19 heavy (non-hydrogen) atoms. The minimum Gasteiger partial charge on any atom is -0.300 e. The molecule has 4 fully saturated rings. The molecular weight excluding hydrogens is 242 g/mol. The molecule has 5 heteroatoms. The molecule has 4 saturated heterocycles. The Kier molecular flexibility index (Phi) is 2.40. The molecule has 1 atom stereocenters. The van der Waals surface area contributed by atoms with Crippen LogP contribution in [0.2, 0.25) is 0 Å². The van der Waals surface area contributed by atoms with E-state index in [-0.39, 0.29) is 11.5 Å². The highest BCUT2D eigenvalue weighted by Gasteiger charge is 2.55. The lowest BCUT2D eigenvalue weighted by molar-refractivity contribution is -0.132. The molecule has 1 amide bonds. The molecule has 0 N–H and O–H groups in total. The van der Waals surface area contributed by atoms with Gasteiger partial charge < -0.3 is 4.90 Å². The molecule has 4 aliphatic heterocycles. The van der Waals surface area contributed by atoms with Crippen molar-refractivity contribution in [1.29, 1.82) is 0 Å². The van der Waals surface area contributed by atoms with Gasteiger partial charge in [-0.2, -0.15) is 5.06 Å². The summed E-state index contributed by atoms with van der Waals surface area (Å²) in [6.45, 7) is 3.19. The van der Waals surface area contributed by atoms with E-state index in [4.69, 9.17) is 4.84 Å². The van der Waals surface area contributed by atoms with E-state index in [1.165, 1.54) is 5.06 Å². The van der Waals surface area contributed by atoms with Crippen molar-refractivity contribution in [3.8, 4) is 0 Å². The van der Waals surface area contributed by atoms with Gasteiger partial charge in [0, 0.05) is 12.7 Å². The highest BCUT2D eigenvalue weighted by molar-refractivity contribution is 5.93. The first kappa shape index (κ1) is 11.4. The van der Waals surface area contributed by atoms with Crippen molar-refractivity contribution < 1.29 is 9.63 Å². The van der Waals surface area contributed by atoms with Crippen molar-refractivity contribution in [3.05, 3.63) is 24.5 Å². The number of aromatic nitrogens is 1. The number of fused-ring (bicyclic) bond motifs is 2. The topological polar surface area (TPSA) is 45.7 Å². The van der Waals surface area contributed by atoms with E-state index in [0.717, 1.165) is 38.2 Å². The molecule has 0 radical (unpaired) electrons. The molecule has 5 rings (SSSR count). The smallest absolute Gasteiger partial charge is 0.254 e. The number of carbonyl (C=O) groups excluding carboxylic acids is 1. The van der Waals surface area contributed by atoms with E-state index < -0.39 is 0 Å². The zero-order valence-corrected chi connectivity index (χ0v) is 10.8. The Bertz CT molecular complexity index is 499. The van der Waals surface area contributed by atoms with Crippen molar-refractivity contribution in [2.45, 2.75) is 24.9 Å². The minimum atomic E-state index is -0.288. The van der Waals surface area contributed by atoms with Crippen LogP contribution >= 0.6 is 0 Å². The van der Waals surface area contributed by atoms with Crippen molar-refractivity contribution in [2.24, 2.45) is 5.92 Å². The first-order valence-electron chi connectivity index (χ1n) is 6.91. The molecule has 0 aliphatic carbocycles. The van der Waals surface area contributed by atoms with Crippen LogP contribution in [-0.2, 0) is 9.63 Å².